The Hall–Kier alpha value is -3.51. The van der Waals surface area contributed by atoms with Crippen molar-refractivity contribution in [2.24, 2.45) is 0 Å². The molecule has 3 aromatic carbocycles. The molecule has 0 amide bonds. The zero-order chi connectivity index (χ0) is 21.5. The third kappa shape index (κ3) is 3.49. The maximum Gasteiger partial charge on any atom is 0.231 e. The van der Waals surface area contributed by atoms with Gasteiger partial charge < -0.3 is 18.9 Å². The van der Waals surface area contributed by atoms with E-state index in [2.05, 4.69) is 0 Å². The van der Waals surface area contributed by atoms with Crippen LogP contribution in [0.25, 0.3) is 6.08 Å². The number of allylic oxidation sites excluding steroid dienone is 1. The molecule has 156 valence electrons. The van der Waals surface area contributed by atoms with Crippen molar-refractivity contribution in [2.45, 2.75) is 13.5 Å². The lowest BCUT2D eigenvalue weighted by Gasteiger charge is -2.12. The molecule has 0 atom stereocenters. The molecule has 31 heavy (non-hydrogen) atoms. The molecule has 0 fully saturated rings. The quantitative estimate of drug-likeness (QED) is 0.488. The topological polar surface area (TPSA) is 54.0 Å². The lowest BCUT2D eigenvalue weighted by molar-refractivity contribution is 0.101. The molecule has 2 heterocycles. The molecule has 0 radical (unpaired) electrons. The normalized spacial score (nSPS) is 15.2. The number of rotatable bonds is 4. The predicted molar refractivity (Wildman–Crippen MR) is 112 cm³/mol. The minimum atomic E-state index is -0.438. The van der Waals surface area contributed by atoms with Gasteiger partial charge in [0.25, 0.3) is 0 Å². The molecule has 0 bridgehead atoms. The minimum Gasteiger partial charge on any atom is -0.488 e. The largest absolute Gasteiger partial charge is 0.488 e. The van der Waals surface area contributed by atoms with Gasteiger partial charge in [0.05, 0.1) is 10.6 Å². The fourth-order valence-corrected chi connectivity index (χ4v) is 3.72. The third-order valence-corrected chi connectivity index (χ3v) is 5.52. The van der Waals surface area contributed by atoms with Gasteiger partial charge in [-0.3, -0.25) is 4.79 Å². The maximum absolute atomic E-state index is 14.0. The average Bonchev–Trinajstić information content (AvgIpc) is 3.34. The molecular formula is C24H16ClFO5. The standard InChI is InChI=1S/C24H16ClFO5/c1-13-19(28-11-16-17(25)3-2-4-18(16)26)8-6-15-23(27)22(31-24(13)15)10-14-5-7-20-21(9-14)30-12-29-20/h2-10H,11-12H2,1H3/b22-10-. The first kappa shape index (κ1) is 19.5. The number of hydrogen-bond donors (Lipinski definition) is 0. The molecule has 0 aliphatic carbocycles. The van der Waals surface area contributed by atoms with E-state index in [0.29, 0.717) is 39.1 Å². The number of fused-ring (bicyclic) bond motifs is 2. The van der Waals surface area contributed by atoms with Crippen LogP contribution in [-0.2, 0) is 6.61 Å². The molecule has 0 saturated heterocycles. The molecule has 2 aliphatic heterocycles. The van der Waals surface area contributed by atoms with Crippen molar-refractivity contribution in [1.29, 1.82) is 0 Å². The second-order valence-electron chi connectivity index (χ2n) is 7.11. The van der Waals surface area contributed by atoms with Crippen LogP contribution >= 0.6 is 11.6 Å². The van der Waals surface area contributed by atoms with Crippen LogP contribution in [0, 0.1) is 12.7 Å². The van der Waals surface area contributed by atoms with Crippen LogP contribution in [0.2, 0.25) is 5.02 Å². The lowest BCUT2D eigenvalue weighted by atomic mass is 10.1. The summed E-state index contributed by atoms with van der Waals surface area (Å²) >= 11 is 6.07. The number of carbonyl (C=O) groups is 1. The summed E-state index contributed by atoms with van der Waals surface area (Å²) in [7, 11) is 0. The van der Waals surface area contributed by atoms with Gasteiger partial charge in [-0.05, 0) is 55.0 Å². The van der Waals surface area contributed by atoms with Crippen LogP contribution in [-0.4, -0.2) is 12.6 Å². The highest BCUT2D eigenvalue weighted by atomic mass is 35.5. The van der Waals surface area contributed by atoms with Gasteiger partial charge in [0.15, 0.2) is 17.3 Å². The van der Waals surface area contributed by atoms with E-state index < -0.39 is 5.82 Å². The fraction of sp³-hybridized carbons (Fsp3) is 0.125. The molecule has 3 aromatic rings. The van der Waals surface area contributed by atoms with Crippen molar-refractivity contribution in [1.82, 2.24) is 0 Å². The number of ketones is 1. The van der Waals surface area contributed by atoms with Crippen molar-refractivity contribution >= 4 is 23.5 Å². The summed E-state index contributed by atoms with van der Waals surface area (Å²) in [6, 6.07) is 13.2. The average molecular weight is 439 g/mol. The van der Waals surface area contributed by atoms with Crippen molar-refractivity contribution in [3.63, 3.8) is 0 Å². The second kappa shape index (κ2) is 7.63. The van der Waals surface area contributed by atoms with Crippen molar-refractivity contribution < 1.29 is 28.1 Å². The van der Waals surface area contributed by atoms with Gasteiger partial charge in [0.1, 0.15) is 23.9 Å². The zero-order valence-electron chi connectivity index (χ0n) is 16.4. The summed E-state index contributed by atoms with van der Waals surface area (Å²) in [5, 5.41) is 0.291. The van der Waals surface area contributed by atoms with Crippen molar-refractivity contribution in [3.8, 4) is 23.0 Å². The minimum absolute atomic E-state index is 0.0427. The Morgan fingerprint density at radius 3 is 2.81 bits per heavy atom. The molecule has 5 nitrogen and oxygen atoms in total. The third-order valence-electron chi connectivity index (χ3n) is 5.16. The van der Waals surface area contributed by atoms with Crippen LogP contribution in [0.15, 0.2) is 54.3 Å². The summed E-state index contributed by atoms with van der Waals surface area (Å²) in [5.74, 6) is 1.73. The smallest absolute Gasteiger partial charge is 0.231 e. The van der Waals surface area contributed by atoms with Crippen molar-refractivity contribution in [2.75, 3.05) is 6.79 Å². The Morgan fingerprint density at radius 2 is 1.97 bits per heavy atom. The maximum atomic E-state index is 14.0. The van der Waals surface area contributed by atoms with Gasteiger partial charge in [-0.2, -0.15) is 0 Å². The molecule has 0 aromatic heterocycles. The highest BCUT2D eigenvalue weighted by molar-refractivity contribution is 6.31. The zero-order valence-corrected chi connectivity index (χ0v) is 17.2. The Balaban J connectivity index is 1.40. The Morgan fingerprint density at radius 1 is 1.13 bits per heavy atom. The van der Waals surface area contributed by atoms with Crippen LogP contribution in [0.5, 0.6) is 23.0 Å². The van der Waals surface area contributed by atoms with E-state index in [1.54, 1.807) is 43.3 Å². The molecule has 0 spiro atoms. The molecule has 7 heteroatoms. The Kier molecular flexibility index (Phi) is 4.79. The van der Waals surface area contributed by atoms with Crippen LogP contribution in [0.1, 0.15) is 27.0 Å². The number of carbonyl (C=O) groups excluding carboxylic acids is 1. The molecule has 5 rings (SSSR count). The van der Waals surface area contributed by atoms with Gasteiger partial charge in [-0.1, -0.05) is 23.7 Å². The lowest BCUT2D eigenvalue weighted by Crippen LogP contribution is -2.01. The second-order valence-corrected chi connectivity index (χ2v) is 7.51. The molecule has 0 N–H and O–H groups in total. The number of ether oxygens (including phenoxy) is 4. The van der Waals surface area contributed by atoms with E-state index in [4.69, 9.17) is 30.5 Å². The van der Waals surface area contributed by atoms with Crippen LogP contribution in [0.3, 0.4) is 0 Å². The fourth-order valence-electron chi connectivity index (χ4n) is 3.50. The van der Waals surface area contributed by atoms with Gasteiger partial charge in [0.2, 0.25) is 12.6 Å². The van der Waals surface area contributed by atoms with E-state index in [0.717, 1.165) is 5.56 Å². The SMILES string of the molecule is Cc1c(OCc2c(F)cccc2Cl)ccc2c1O/C(=C\c1ccc3c(c1)OCO3)C2=O. The number of hydrogen-bond acceptors (Lipinski definition) is 5. The number of benzene rings is 3. The van der Waals surface area contributed by atoms with E-state index in [1.807, 2.05) is 6.07 Å². The summed E-state index contributed by atoms with van der Waals surface area (Å²) in [4.78, 5) is 12.8. The molecule has 2 aliphatic rings. The number of halogens is 2. The summed E-state index contributed by atoms with van der Waals surface area (Å²) in [6.45, 7) is 1.92. The predicted octanol–water partition coefficient (Wildman–Crippen LogP) is 5.71. The van der Waals surface area contributed by atoms with Gasteiger partial charge >= 0.3 is 0 Å². The Bertz CT molecular complexity index is 1230. The molecular weight excluding hydrogens is 423 g/mol. The monoisotopic (exact) mass is 438 g/mol. The van der Waals surface area contributed by atoms with E-state index >= 15 is 0 Å². The van der Waals surface area contributed by atoms with Gasteiger partial charge in [-0.15, -0.1) is 0 Å². The molecule has 0 unspecified atom stereocenters. The highest BCUT2D eigenvalue weighted by Gasteiger charge is 2.30. The highest BCUT2D eigenvalue weighted by Crippen LogP contribution is 2.40. The summed E-state index contributed by atoms with van der Waals surface area (Å²) in [5.41, 5.74) is 2.11. The summed E-state index contributed by atoms with van der Waals surface area (Å²) in [6.07, 6.45) is 1.66. The van der Waals surface area contributed by atoms with Crippen LogP contribution < -0.4 is 18.9 Å². The van der Waals surface area contributed by atoms with Gasteiger partial charge in [-0.25, -0.2) is 4.39 Å². The van der Waals surface area contributed by atoms with E-state index in [-0.39, 0.29) is 30.5 Å². The first-order chi connectivity index (χ1) is 15.0. The van der Waals surface area contributed by atoms with Crippen LogP contribution in [0.4, 0.5) is 4.39 Å². The summed E-state index contributed by atoms with van der Waals surface area (Å²) < 4.78 is 36.3. The van der Waals surface area contributed by atoms with Gasteiger partial charge in [0, 0.05) is 11.1 Å². The first-order valence-corrected chi connectivity index (χ1v) is 9.92. The van der Waals surface area contributed by atoms with E-state index in [9.17, 15) is 9.18 Å². The first-order valence-electron chi connectivity index (χ1n) is 9.54. The van der Waals surface area contributed by atoms with Crippen molar-refractivity contribution in [3.05, 3.63) is 87.4 Å². The van der Waals surface area contributed by atoms with E-state index in [1.165, 1.54) is 12.1 Å². The number of Topliss-reactive ketones (excluding diaryl/α,β-unsaturated/α-hetero) is 1. The molecule has 0 saturated carbocycles. The Labute approximate surface area is 182 Å².